The Morgan fingerprint density at radius 1 is 1.07 bits per heavy atom. The third-order valence-corrected chi connectivity index (χ3v) is 1.98. The van der Waals surface area contributed by atoms with Gasteiger partial charge >= 0.3 is 0 Å². The van der Waals surface area contributed by atoms with E-state index in [2.05, 4.69) is 10.3 Å². The number of pyridine rings is 1. The molecule has 15 heavy (non-hydrogen) atoms. The molecule has 0 aliphatic heterocycles. The first-order valence-corrected chi connectivity index (χ1v) is 4.74. The van der Waals surface area contributed by atoms with Gasteiger partial charge in [-0.15, -0.1) is 0 Å². The monoisotopic (exact) mass is 200 g/mol. The molecule has 0 spiro atoms. The second kappa shape index (κ2) is 4.46. The van der Waals surface area contributed by atoms with Crippen molar-refractivity contribution >= 4 is 5.69 Å². The highest BCUT2D eigenvalue weighted by Gasteiger charge is 1.97. The van der Waals surface area contributed by atoms with Gasteiger partial charge in [-0.25, -0.2) is 0 Å². The molecular formula is C12H12N2O. The molecule has 0 bridgehead atoms. The molecule has 1 aromatic heterocycles. The molecule has 1 heterocycles. The Labute approximate surface area is 88.7 Å². The van der Waals surface area contributed by atoms with E-state index in [9.17, 15) is 0 Å². The van der Waals surface area contributed by atoms with Gasteiger partial charge < -0.3 is 10.1 Å². The lowest BCUT2D eigenvalue weighted by Crippen LogP contribution is -1.90. The Morgan fingerprint density at radius 2 is 1.87 bits per heavy atom. The number of hydrogen-bond donors (Lipinski definition) is 1. The highest BCUT2D eigenvalue weighted by molar-refractivity contribution is 5.45. The maximum absolute atomic E-state index is 5.62. The quantitative estimate of drug-likeness (QED) is 0.827. The normalized spacial score (nSPS) is 9.67. The highest BCUT2D eigenvalue weighted by atomic mass is 16.5. The van der Waals surface area contributed by atoms with Crippen molar-refractivity contribution in [1.82, 2.24) is 4.98 Å². The topological polar surface area (TPSA) is 34.2 Å². The van der Waals surface area contributed by atoms with Gasteiger partial charge in [0.15, 0.2) is 0 Å². The summed E-state index contributed by atoms with van der Waals surface area (Å²) in [4.78, 5) is 4.06. The summed E-state index contributed by atoms with van der Waals surface area (Å²) in [5.74, 6) is 1.54. The van der Waals surface area contributed by atoms with Crippen LogP contribution in [-0.4, -0.2) is 12.0 Å². The van der Waals surface area contributed by atoms with Crippen molar-refractivity contribution in [3.63, 3.8) is 0 Å². The molecule has 76 valence electrons. The van der Waals surface area contributed by atoms with Crippen LogP contribution in [0.1, 0.15) is 0 Å². The van der Waals surface area contributed by atoms with Crippen LogP contribution in [-0.2, 0) is 0 Å². The third kappa shape index (κ3) is 2.47. The number of aromatic nitrogens is 1. The standard InChI is InChI=1S/C12H12N2O/c1-13-10-7-12(9-14-8-10)15-11-5-3-2-4-6-11/h2-9,13H,1H3. The maximum atomic E-state index is 5.62. The minimum absolute atomic E-state index is 0.730. The van der Waals surface area contributed by atoms with Crippen LogP contribution in [0.4, 0.5) is 5.69 Å². The molecular weight excluding hydrogens is 188 g/mol. The number of para-hydroxylation sites is 1. The van der Waals surface area contributed by atoms with Crippen molar-refractivity contribution < 1.29 is 4.74 Å². The SMILES string of the molecule is CNc1cncc(Oc2ccccc2)c1. The lowest BCUT2D eigenvalue weighted by molar-refractivity contribution is 0.480. The average Bonchev–Trinajstić information content (AvgIpc) is 2.31. The van der Waals surface area contributed by atoms with E-state index in [0.717, 1.165) is 17.2 Å². The molecule has 0 amide bonds. The van der Waals surface area contributed by atoms with E-state index >= 15 is 0 Å². The number of hydrogen-bond acceptors (Lipinski definition) is 3. The second-order valence-electron chi connectivity index (χ2n) is 3.07. The van der Waals surface area contributed by atoms with Crippen LogP contribution >= 0.6 is 0 Å². The van der Waals surface area contributed by atoms with Gasteiger partial charge in [0.05, 0.1) is 18.1 Å². The fourth-order valence-corrected chi connectivity index (χ4v) is 1.24. The van der Waals surface area contributed by atoms with Crippen molar-refractivity contribution in [3.05, 3.63) is 48.8 Å². The summed E-state index contributed by atoms with van der Waals surface area (Å²) in [5.41, 5.74) is 0.934. The Balaban J connectivity index is 2.17. The lowest BCUT2D eigenvalue weighted by Gasteiger charge is -2.06. The Kier molecular flexibility index (Phi) is 2.83. The minimum Gasteiger partial charge on any atom is -0.456 e. The van der Waals surface area contributed by atoms with E-state index < -0.39 is 0 Å². The molecule has 2 aromatic rings. The van der Waals surface area contributed by atoms with Crippen LogP contribution in [0.25, 0.3) is 0 Å². The number of rotatable bonds is 3. The molecule has 0 saturated carbocycles. The first kappa shape index (κ1) is 9.52. The molecule has 0 unspecified atom stereocenters. The zero-order valence-electron chi connectivity index (χ0n) is 8.47. The zero-order chi connectivity index (χ0) is 10.5. The Hall–Kier alpha value is -2.03. The summed E-state index contributed by atoms with van der Waals surface area (Å²) in [5, 5.41) is 3.01. The minimum atomic E-state index is 0.730. The number of nitrogens with one attached hydrogen (secondary N) is 1. The fraction of sp³-hybridized carbons (Fsp3) is 0.0833. The van der Waals surface area contributed by atoms with Gasteiger partial charge in [0.1, 0.15) is 11.5 Å². The van der Waals surface area contributed by atoms with Gasteiger partial charge in [-0.3, -0.25) is 4.98 Å². The molecule has 0 saturated heterocycles. The number of anilines is 1. The van der Waals surface area contributed by atoms with Crippen LogP contribution in [0.15, 0.2) is 48.8 Å². The lowest BCUT2D eigenvalue weighted by atomic mass is 10.3. The molecule has 2 rings (SSSR count). The largest absolute Gasteiger partial charge is 0.456 e. The summed E-state index contributed by atoms with van der Waals surface area (Å²) in [6.07, 6.45) is 3.44. The summed E-state index contributed by atoms with van der Waals surface area (Å²) >= 11 is 0. The zero-order valence-corrected chi connectivity index (χ0v) is 8.47. The van der Waals surface area contributed by atoms with Gasteiger partial charge in [0.2, 0.25) is 0 Å². The number of ether oxygens (including phenoxy) is 1. The Bertz CT molecular complexity index is 429. The average molecular weight is 200 g/mol. The van der Waals surface area contributed by atoms with Gasteiger partial charge in [-0.05, 0) is 12.1 Å². The van der Waals surface area contributed by atoms with Crippen molar-refractivity contribution in [2.45, 2.75) is 0 Å². The van der Waals surface area contributed by atoms with E-state index in [0.29, 0.717) is 0 Å². The van der Waals surface area contributed by atoms with Gasteiger partial charge in [-0.2, -0.15) is 0 Å². The van der Waals surface area contributed by atoms with Gasteiger partial charge in [0, 0.05) is 13.1 Å². The third-order valence-electron chi connectivity index (χ3n) is 1.98. The predicted molar refractivity (Wildman–Crippen MR) is 60.3 cm³/mol. The molecule has 0 atom stereocenters. The first-order valence-electron chi connectivity index (χ1n) is 4.74. The van der Waals surface area contributed by atoms with Gasteiger partial charge in [0.25, 0.3) is 0 Å². The number of benzene rings is 1. The molecule has 1 aromatic carbocycles. The first-order chi connectivity index (χ1) is 7.38. The van der Waals surface area contributed by atoms with E-state index in [1.807, 2.05) is 43.4 Å². The summed E-state index contributed by atoms with van der Waals surface area (Å²) in [7, 11) is 1.85. The molecule has 3 nitrogen and oxygen atoms in total. The van der Waals surface area contributed by atoms with Gasteiger partial charge in [-0.1, -0.05) is 18.2 Å². The van der Waals surface area contributed by atoms with E-state index in [1.165, 1.54) is 0 Å². The molecule has 0 aliphatic rings. The van der Waals surface area contributed by atoms with Crippen LogP contribution in [0, 0.1) is 0 Å². The summed E-state index contributed by atoms with van der Waals surface area (Å²) in [6, 6.07) is 11.5. The predicted octanol–water partition coefficient (Wildman–Crippen LogP) is 2.92. The van der Waals surface area contributed by atoms with E-state index in [4.69, 9.17) is 4.74 Å². The van der Waals surface area contributed by atoms with Crippen LogP contribution in [0.2, 0.25) is 0 Å². The van der Waals surface area contributed by atoms with Crippen molar-refractivity contribution in [3.8, 4) is 11.5 Å². The molecule has 0 fully saturated rings. The molecule has 3 heteroatoms. The second-order valence-corrected chi connectivity index (χ2v) is 3.07. The van der Waals surface area contributed by atoms with Crippen LogP contribution in [0.5, 0.6) is 11.5 Å². The molecule has 0 aliphatic carbocycles. The summed E-state index contributed by atoms with van der Waals surface area (Å²) < 4.78 is 5.62. The van der Waals surface area contributed by atoms with Crippen molar-refractivity contribution in [1.29, 1.82) is 0 Å². The van der Waals surface area contributed by atoms with Crippen molar-refractivity contribution in [2.24, 2.45) is 0 Å². The Morgan fingerprint density at radius 3 is 2.60 bits per heavy atom. The van der Waals surface area contributed by atoms with Crippen LogP contribution < -0.4 is 10.1 Å². The van der Waals surface area contributed by atoms with Crippen molar-refractivity contribution in [2.75, 3.05) is 12.4 Å². The van der Waals surface area contributed by atoms with E-state index in [1.54, 1.807) is 12.4 Å². The molecule has 0 radical (unpaired) electrons. The van der Waals surface area contributed by atoms with Crippen LogP contribution in [0.3, 0.4) is 0 Å². The smallest absolute Gasteiger partial charge is 0.147 e. The molecule has 1 N–H and O–H groups in total. The number of nitrogens with zero attached hydrogens (tertiary/aromatic N) is 1. The summed E-state index contributed by atoms with van der Waals surface area (Å²) in [6.45, 7) is 0. The highest BCUT2D eigenvalue weighted by Crippen LogP contribution is 2.22. The fourth-order valence-electron chi connectivity index (χ4n) is 1.24. The maximum Gasteiger partial charge on any atom is 0.147 e. The van der Waals surface area contributed by atoms with E-state index in [-0.39, 0.29) is 0 Å².